The zero-order valence-corrected chi connectivity index (χ0v) is 17.7. The highest BCUT2D eigenvalue weighted by atomic mass is 16.5. The number of esters is 1. The third-order valence-corrected chi connectivity index (χ3v) is 5.48. The molecule has 1 heterocycles. The van der Waals surface area contributed by atoms with Gasteiger partial charge in [-0.25, -0.2) is 4.79 Å². The van der Waals surface area contributed by atoms with Gasteiger partial charge in [-0.3, -0.25) is 14.6 Å². The Labute approximate surface area is 187 Å². The van der Waals surface area contributed by atoms with Crippen LogP contribution < -0.4 is 0 Å². The maximum atomic E-state index is 13.2. The number of nitrogens with zero attached hydrogens (tertiary/aromatic N) is 2. The van der Waals surface area contributed by atoms with Crippen LogP contribution in [0.3, 0.4) is 0 Å². The van der Waals surface area contributed by atoms with E-state index in [4.69, 9.17) is 4.74 Å². The lowest BCUT2D eigenvalue weighted by Gasteiger charge is -2.35. The average molecular weight is 428 g/mol. The molecule has 0 radical (unpaired) electrons. The van der Waals surface area contributed by atoms with E-state index in [0.717, 1.165) is 0 Å². The lowest BCUT2D eigenvalue weighted by molar-refractivity contribution is -0.105. The zero-order valence-electron chi connectivity index (χ0n) is 17.7. The molecule has 0 bridgehead atoms. The van der Waals surface area contributed by atoms with Crippen LogP contribution in [0.2, 0.25) is 0 Å². The van der Waals surface area contributed by atoms with Crippen molar-refractivity contribution in [2.75, 3.05) is 20.1 Å². The minimum atomic E-state index is -1.77. The largest absolute Gasteiger partial charge is 0.422 e. The van der Waals surface area contributed by atoms with Crippen molar-refractivity contribution in [3.05, 3.63) is 114 Å². The summed E-state index contributed by atoms with van der Waals surface area (Å²) in [6, 6.07) is 26.5. The maximum absolute atomic E-state index is 13.2. The Morgan fingerprint density at radius 3 is 1.88 bits per heavy atom. The van der Waals surface area contributed by atoms with E-state index in [-0.39, 0.29) is 11.7 Å². The van der Waals surface area contributed by atoms with Crippen molar-refractivity contribution in [2.24, 2.45) is 0 Å². The first kappa shape index (κ1) is 21.5. The van der Waals surface area contributed by atoms with E-state index in [1.807, 2.05) is 30.3 Å². The van der Waals surface area contributed by atoms with Gasteiger partial charge in [0, 0.05) is 30.3 Å². The highest BCUT2D eigenvalue weighted by Crippen LogP contribution is 2.31. The predicted molar refractivity (Wildman–Crippen MR) is 121 cm³/mol. The standard InChI is InChI=1S/C26H24N2O4/c1-27-17-18-28(24(29)21-13-7-3-8-14-21)26(27,31)19-23(20-11-5-2-6-12-20)32-25(30)22-15-9-4-10-16-22/h2-16,19,31H,17-18H2,1H3/b23-19-. The fourth-order valence-corrected chi connectivity index (χ4v) is 3.64. The van der Waals surface area contributed by atoms with Crippen LogP contribution in [0.5, 0.6) is 0 Å². The highest BCUT2D eigenvalue weighted by molar-refractivity contribution is 5.95. The third kappa shape index (κ3) is 4.32. The van der Waals surface area contributed by atoms with Crippen LogP contribution in [0, 0.1) is 0 Å². The molecule has 3 aromatic rings. The van der Waals surface area contributed by atoms with Crippen LogP contribution in [0.1, 0.15) is 26.3 Å². The normalized spacial score (nSPS) is 19.1. The lowest BCUT2D eigenvalue weighted by Crippen LogP contribution is -2.53. The Balaban J connectivity index is 1.73. The Bertz CT molecular complexity index is 1120. The summed E-state index contributed by atoms with van der Waals surface area (Å²) in [5, 5.41) is 11.6. The number of likely N-dealkylation sites (N-methyl/N-ethyl adjacent to an activating group) is 1. The van der Waals surface area contributed by atoms with E-state index >= 15 is 0 Å². The lowest BCUT2D eigenvalue weighted by atomic mass is 10.1. The van der Waals surface area contributed by atoms with Gasteiger partial charge in [0.05, 0.1) is 5.56 Å². The van der Waals surface area contributed by atoms with Crippen LogP contribution >= 0.6 is 0 Å². The van der Waals surface area contributed by atoms with Gasteiger partial charge in [-0.2, -0.15) is 0 Å². The van der Waals surface area contributed by atoms with Gasteiger partial charge < -0.3 is 9.84 Å². The van der Waals surface area contributed by atoms with Crippen LogP contribution in [0.15, 0.2) is 97.1 Å². The first-order valence-electron chi connectivity index (χ1n) is 10.3. The number of amides is 1. The van der Waals surface area contributed by atoms with Crippen molar-refractivity contribution in [3.63, 3.8) is 0 Å². The molecule has 0 aromatic heterocycles. The average Bonchev–Trinajstić information content (AvgIpc) is 3.13. The molecule has 0 saturated carbocycles. The number of rotatable bonds is 5. The molecule has 0 spiro atoms. The smallest absolute Gasteiger partial charge is 0.343 e. The second-order valence-electron chi connectivity index (χ2n) is 7.56. The molecule has 1 amide bonds. The number of hydrogen-bond acceptors (Lipinski definition) is 5. The van der Waals surface area contributed by atoms with E-state index < -0.39 is 11.8 Å². The van der Waals surface area contributed by atoms with Crippen LogP contribution in [0.4, 0.5) is 0 Å². The van der Waals surface area contributed by atoms with Gasteiger partial charge in [-0.05, 0) is 31.3 Å². The second-order valence-corrected chi connectivity index (χ2v) is 7.56. The summed E-state index contributed by atoms with van der Waals surface area (Å²) in [4.78, 5) is 29.0. The second kappa shape index (κ2) is 9.18. The number of benzene rings is 3. The first-order valence-corrected chi connectivity index (χ1v) is 10.3. The molecule has 1 saturated heterocycles. The van der Waals surface area contributed by atoms with Crippen molar-refractivity contribution in [1.82, 2.24) is 9.80 Å². The molecule has 1 aliphatic rings. The van der Waals surface area contributed by atoms with Gasteiger partial charge in [0.1, 0.15) is 5.76 Å². The van der Waals surface area contributed by atoms with Gasteiger partial charge in [0.2, 0.25) is 5.85 Å². The van der Waals surface area contributed by atoms with Gasteiger partial charge in [0.25, 0.3) is 5.91 Å². The van der Waals surface area contributed by atoms with Crippen molar-refractivity contribution in [3.8, 4) is 0 Å². The van der Waals surface area contributed by atoms with Crippen molar-refractivity contribution in [1.29, 1.82) is 0 Å². The van der Waals surface area contributed by atoms with Crippen LogP contribution in [-0.2, 0) is 4.74 Å². The number of ether oxygens (including phenoxy) is 1. The van der Waals surface area contributed by atoms with Crippen molar-refractivity contribution in [2.45, 2.75) is 5.85 Å². The van der Waals surface area contributed by atoms with E-state index in [0.29, 0.717) is 29.8 Å². The number of aliphatic hydroxyl groups is 1. The summed E-state index contributed by atoms with van der Waals surface area (Å²) in [6.45, 7) is 0.784. The molecule has 1 unspecified atom stereocenters. The molecule has 4 rings (SSSR count). The molecule has 1 aliphatic heterocycles. The van der Waals surface area contributed by atoms with Crippen molar-refractivity contribution < 1.29 is 19.4 Å². The molecule has 1 N–H and O–H groups in total. The Morgan fingerprint density at radius 2 is 1.31 bits per heavy atom. The summed E-state index contributed by atoms with van der Waals surface area (Å²) >= 11 is 0. The van der Waals surface area contributed by atoms with Crippen LogP contribution in [0.25, 0.3) is 5.76 Å². The third-order valence-electron chi connectivity index (χ3n) is 5.48. The molecule has 162 valence electrons. The van der Waals surface area contributed by atoms with Gasteiger partial charge in [-0.1, -0.05) is 66.7 Å². The van der Waals surface area contributed by atoms with E-state index in [2.05, 4.69) is 0 Å². The quantitative estimate of drug-likeness (QED) is 0.497. The molecule has 3 aromatic carbocycles. The van der Waals surface area contributed by atoms with E-state index in [9.17, 15) is 14.7 Å². The van der Waals surface area contributed by atoms with Crippen LogP contribution in [-0.4, -0.2) is 52.8 Å². The van der Waals surface area contributed by atoms with Gasteiger partial charge in [-0.15, -0.1) is 0 Å². The summed E-state index contributed by atoms with van der Waals surface area (Å²) < 4.78 is 5.73. The monoisotopic (exact) mass is 428 g/mol. The topological polar surface area (TPSA) is 70.1 Å². The Kier molecular flexibility index (Phi) is 6.16. The summed E-state index contributed by atoms with van der Waals surface area (Å²) in [7, 11) is 1.72. The van der Waals surface area contributed by atoms with Gasteiger partial charge in [0.15, 0.2) is 0 Å². The summed E-state index contributed by atoms with van der Waals surface area (Å²) in [5.41, 5.74) is 1.47. The molecular weight excluding hydrogens is 404 g/mol. The summed E-state index contributed by atoms with van der Waals surface area (Å²) in [5.74, 6) is -2.46. The number of carbonyl (C=O) groups excluding carboxylic acids is 2. The van der Waals surface area contributed by atoms with Crippen molar-refractivity contribution >= 4 is 17.6 Å². The fraction of sp³-hybridized carbons (Fsp3) is 0.154. The number of carbonyl (C=O) groups is 2. The molecule has 32 heavy (non-hydrogen) atoms. The Morgan fingerprint density at radius 1 is 0.812 bits per heavy atom. The SMILES string of the molecule is CN1CCN(C(=O)c2ccccc2)C1(O)/C=C(\OC(=O)c1ccccc1)c1ccccc1. The molecule has 0 aliphatic carbocycles. The molecular formula is C26H24N2O4. The van der Waals surface area contributed by atoms with E-state index in [1.165, 1.54) is 11.0 Å². The van der Waals surface area contributed by atoms with Gasteiger partial charge >= 0.3 is 5.97 Å². The maximum Gasteiger partial charge on any atom is 0.343 e. The Hall–Kier alpha value is -3.74. The number of hydrogen-bond donors (Lipinski definition) is 1. The summed E-state index contributed by atoms with van der Waals surface area (Å²) in [6.07, 6.45) is 1.43. The van der Waals surface area contributed by atoms with E-state index in [1.54, 1.807) is 72.6 Å². The molecule has 1 atom stereocenters. The molecule has 6 nitrogen and oxygen atoms in total. The zero-order chi connectivity index (χ0) is 22.6. The highest BCUT2D eigenvalue weighted by Gasteiger charge is 2.46. The minimum Gasteiger partial charge on any atom is -0.422 e. The minimum absolute atomic E-state index is 0.168. The predicted octanol–water partition coefficient (Wildman–Crippen LogP) is 3.62. The fourth-order valence-electron chi connectivity index (χ4n) is 3.64. The first-order chi connectivity index (χ1) is 15.5. The molecule has 6 heteroatoms. The molecule has 1 fully saturated rings.